The van der Waals surface area contributed by atoms with E-state index in [2.05, 4.69) is 17.0 Å². The Labute approximate surface area is 170 Å². The van der Waals surface area contributed by atoms with Gasteiger partial charge in [-0.15, -0.1) is 0 Å². The topological polar surface area (TPSA) is 60.9 Å². The van der Waals surface area contributed by atoms with Crippen LogP contribution >= 0.6 is 11.6 Å². The van der Waals surface area contributed by atoms with Crippen molar-refractivity contribution in [3.63, 3.8) is 0 Å². The van der Waals surface area contributed by atoms with Crippen molar-refractivity contribution in [1.82, 2.24) is 9.21 Å². The Morgan fingerprint density at radius 2 is 1.61 bits per heavy atom. The molecule has 1 amide bonds. The average Bonchev–Trinajstić information content (AvgIpc) is 2.67. The molecule has 0 atom stereocenters. The van der Waals surface area contributed by atoms with Gasteiger partial charge in [-0.1, -0.05) is 35.9 Å². The van der Waals surface area contributed by atoms with Gasteiger partial charge in [0.05, 0.1) is 10.8 Å². The maximum absolute atomic E-state index is 12.8. The van der Waals surface area contributed by atoms with Crippen LogP contribution in [0.5, 0.6) is 0 Å². The standard InChI is InChI=1S/C20H22ClN3O3S/c21-17-5-4-8-19(13-17)28(26,27)24-14-16(15-24)20(25)23-11-9-22(10-12-23)18-6-2-1-3-7-18/h1-8,13,16H,9-12,14-15H2. The van der Waals surface area contributed by atoms with Crippen LogP contribution in [-0.2, 0) is 14.8 Å². The van der Waals surface area contributed by atoms with Crippen molar-refractivity contribution in [2.24, 2.45) is 5.92 Å². The highest BCUT2D eigenvalue weighted by Crippen LogP contribution is 2.28. The summed E-state index contributed by atoms with van der Waals surface area (Å²) in [6.45, 7) is 3.34. The smallest absolute Gasteiger partial charge is 0.243 e. The normalized spacial score (nSPS) is 18.8. The number of benzene rings is 2. The summed E-state index contributed by atoms with van der Waals surface area (Å²) in [5, 5.41) is 0.380. The third-order valence-electron chi connectivity index (χ3n) is 5.34. The Kier molecular flexibility index (Phi) is 5.31. The first kappa shape index (κ1) is 19.2. The molecule has 0 bridgehead atoms. The summed E-state index contributed by atoms with van der Waals surface area (Å²) in [5.41, 5.74) is 1.16. The summed E-state index contributed by atoms with van der Waals surface area (Å²) >= 11 is 5.91. The molecule has 2 heterocycles. The highest BCUT2D eigenvalue weighted by atomic mass is 35.5. The van der Waals surface area contributed by atoms with Crippen LogP contribution in [0.3, 0.4) is 0 Å². The third-order valence-corrected chi connectivity index (χ3v) is 7.41. The summed E-state index contributed by atoms with van der Waals surface area (Å²) in [7, 11) is -3.60. The molecule has 2 aromatic carbocycles. The number of halogens is 1. The molecular weight excluding hydrogens is 398 g/mol. The number of nitrogens with zero attached hydrogens (tertiary/aromatic N) is 3. The van der Waals surface area contributed by atoms with Crippen LogP contribution in [0.15, 0.2) is 59.5 Å². The van der Waals surface area contributed by atoms with E-state index in [1.54, 1.807) is 12.1 Å². The lowest BCUT2D eigenvalue weighted by atomic mass is 10.0. The van der Waals surface area contributed by atoms with E-state index in [0.717, 1.165) is 18.8 Å². The van der Waals surface area contributed by atoms with E-state index in [1.807, 2.05) is 23.1 Å². The average molecular weight is 420 g/mol. The van der Waals surface area contributed by atoms with Crippen LogP contribution in [0.4, 0.5) is 5.69 Å². The van der Waals surface area contributed by atoms with Gasteiger partial charge in [0, 0.05) is 50.0 Å². The number of piperazine rings is 1. The molecule has 0 unspecified atom stereocenters. The van der Waals surface area contributed by atoms with Gasteiger partial charge in [-0.25, -0.2) is 8.42 Å². The van der Waals surface area contributed by atoms with Gasteiger partial charge in [0.1, 0.15) is 0 Å². The second kappa shape index (κ2) is 7.73. The highest BCUT2D eigenvalue weighted by Gasteiger charge is 2.42. The second-order valence-electron chi connectivity index (χ2n) is 7.12. The van der Waals surface area contributed by atoms with E-state index in [1.165, 1.54) is 16.4 Å². The van der Waals surface area contributed by atoms with Crippen molar-refractivity contribution in [3.8, 4) is 0 Å². The van der Waals surface area contributed by atoms with Crippen molar-refractivity contribution in [2.75, 3.05) is 44.2 Å². The molecule has 4 rings (SSSR count). The first-order valence-corrected chi connectivity index (χ1v) is 11.1. The molecule has 8 heteroatoms. The van der Waals surface area contributed by atoms with Crippen LogP contribution in [0.25, 0.3) is 0 Å². The number of para-hydroxylation sites is 1. The van der Waals surface area contributed by atoms with Crippen molar-refractivity contribution >= 4 is 33.2 Å². The zero-order chi connectivity index (χ0) is 19.7. The van der Waals surface area contributed by atoms with Gasteiger partial charge in [0.2, 0.25) is 15.9 Å². The largest absolute Gasteiger partial charge is 0.368 e. The van der Waals surface area contributed by atoms with E-state index < -0.39 is 10.0 Å². The van der Waals surface area contributed by atoms with Gasteiger partial charge in [-0.2, -0.15) is 4.31 Å². The van der Waals surface area contributed by atoms with E-state index in [-0.39, 0.29) is 29.8 Å². The molecular formula is C20H22ClN3O3S. The quantitative estimate of drug-likeness (QED) is 0.763. The molecule has 28 heavy (non-hydrogen) atoms. The predicted molar refractivity (Wildman–Crippen MR) is 109 cm³/mol. The number of carbonyl (C=O) groups excluding carboxylic acids is 1. The van der Waals surface area contributed by atoms with Crippen LogP contribution in [0.2, 0.25) is 5.02 Å². The first-order valence-electron chi connectivity index (χ1n) is 9.29. The fourth-order valence-corrected chi connectivity index (χ4v) is 5.48. The molecule has 2 aliphatic rings. The van der Waals surface area contributed by atoms with E-state index in [4.69, 9.17) is 11.6 Å². The molecule has 2 fully saturated rings. The Balaban J connectivity index is 1.32. The summed E-state index contributed by atoms with van der Waals surface area (Å²) in [4.78, 5) is 17.0. The number of rotatable bonds is 4. The van der Waals surface area contributed by atoms with Crippen LogP contribution in [-0.4, -0.2) is 62.8 Å². The Hall–Kier alpha value is -2.09. The fraction of sp³-hybridized carbons (Fsp3) is 0.350. The van der Waals surface area contributed by atoms with Gasteiger partial charge >= 0.3 is 0 Å². The maximum atomic E-state index is 12.8. The molecule has 2 saturated heterocycles. The van der Waals surface area contributed by atoms with Crippen molar-refractivity contribution in [2.45, 2.75) is 4.90 Å². The lowest BCUT2D eigenvalue weighted by molar-refractivity contribution is -0.139. The number of carbonyl (C=O) groups is 1. The van der Waals surface area contributed by atoms with Gasteiger partial charge in [0.15, 0.2) is 0 Å². The van der Waals surface area contributed by atoms with Crippen LogP contribution < -0.4 is 4.90 Å². The van der Waals surface area contributed by atoms with E-state index >= 15 is 0 Å². The number of amides is 1. The van der Waals surface area contributed by atoms with Crippen LogP contribution in [0, 0.1) is 5.92 Å². The number of hydrogen-bond acceptors (Lipinski definition) is 4. The minimum Gasteiger partial charge on any atom is -0.368 e. The molecule has 0 saturated carbocycles. The van der Waals surface area contributed by atoms with Gasteiger partial charge in [0.25, 0.3) is 0 Å². The molecule has 0 N–H and O–H groups in total. The predicted octanol–water partition coefficient (Wildman–Crippen LogP) is 2.31. The maximum Gasteiger partial charge on any atom is 0.243 e. The number of hydrogen-bond donors (Lipinski definition) is 0. The third kappa shape index (κ3) is 3.74. The summed E-state index contributed by atoms with van der Waals surface area (Å²) in [6.07, 6.45) is 0. The highest BCUT2D eigenvalue weighted by molar-refractivity contribution is 7.89. The molecule has 2 aromatic rings. The molecule has 148 valence electrons. The molecule has 0 radical (unpaired) electrons. The second-order valence-corrected chi connectivity index (χ2v) is 9.50. The van der Waals surface area contributed by atoms with Gasteiger partial charge < -0.3 is 9.80 Å². The zero-order valence-electron chi connectivity index (χ0n) is 15.4. The van der Waals surface area contributed by atoms with E-state index in [9.17, 15) is 13.2 Å². The van der Waals surface area contributed by atoms with Gasteiger partial charge in [-0.05, 0) is 30.3 Å². The molecule has 0 aliphatic carbocycles. The SMILES string of the molecule is O=C(C1CN(S(=O)(=O)c2cccc(Cl)c2)C1)N1CCN(c2ccccc2)CC1. The van der Waals surface area contributed by atoms with Crippen molar-refractivity contribution < 1.29 is 13.2 Å². The summed E-state index contributed by atoms with van der Waals surface area (Å²) < 4.78 is 26.6. The fourth-order valence-electron chi connectivity index (χ4n) is 3.65. The van der Waals surface area contributed by atoms with Crippen molar-refractivity contribution in [1.29, 1.82) is 0 Å². The van der Waals surface area contributed by atoms with Crippen molar-refractivity contribution in [3.05, 3.63) is 59.6 Å². The van der Waals surface area contributed by atoms with Crippen LogP contribution in [0.1, 0.15) is 0 Å². The number of anilines is 1. The Morgan fingerprint density at radius 3 is 2.25 bits per heavy atom. The lowest BCUT2D eigenvalue weighted by Gasteiger charge is -2.42. The lowest BCUT2D eigenvalue weighted by Crippen LogP contribution is -2.59. The zero-order valence-corrected chi connectivity index (χ0v) is 16.9. The Bertz CT molecular complexity index is 954. The summed E-state index contributed by atoms with van der Waals surface area (Å²) in [6, 6.07) is 16.4. The molecule has 2 aliphatic heterocycles. The van der Waals surface area contributed by atoms with Gasteiger partial charge in [-0.3, -0.25) is 4.79 Å². The minimum absolute atomic E-state index is 0.0465. The molecule has 6 nitrogen and oxygen atoms in total. The first-order chi connectivity index (χ1) is 13.4. The number of sulfonamides is 1. The molecule has 0 spiro atoms. The van der Waals surface area contributed by atoms with E-state index in [0.29, 0.717) is 18.1 Å². The summed E-state index contributed by atoms with van der Waals surface area (Å²) in [5.74, 6) is -0.220. The minimum atomic E-state index is -3.60. The Morgan fingerprint density at radius 1 is 0.929 bits per heavy atom. The monoisotopic (exact) mass is 419 g/mol. The molecule has 0 aromatic heterocycles.